The summed E-state index contributed by atoms with van der Waals surface area (Å²) in [5, 5.41) is 0. The molecule has 25 heavy (non-hydrogen) atoms. The first-order chi connectivity index (χ1) is 11.5. The van der Waals surface area contributed by atoms with E-state index >= 15 is 0 Å². The van der Waals surface area contributed by atoms with Crippen molar-refractivity contribution in [2.75, 3.05) is 13.7 Å². The third-order valence-electron chi connectivity index (χ3n) is 3.77. The van der Waals surface area contributed by atoms with Gasteiger partial charge in [-0.1, -0.05) is 0 Å². The van der Waals surface area contributed by atoms with Crippen molar-refractivity contribution < 1.29 is 23.5 Å². The van der Waals surface area contributed by atoms with E-state index < -0.39 is 46.8 Å². The van der Waals surface area contributed by atoms with Crippen molar-refractivity contribution in [3.05, 3.63) is 32.9 Å². The lowest BCUT2D eigenvalue weighted by atomic mass is 9.97. The van der Waals surface area contributed by atoms with E-state index in [1.807, 2.05) is 4.98 Å². The number of rotatable bonds is 2. The number of carbonyl (C=O) groups excluding carboxylic acids is 2. The molecule has 1 N–H and O–H groups in total. The van der Waals surface area contributed by atoms with E-state index in [0.29, 0.717) is 0 Å². The van der Waals surface area contributed by atoms with Crippen LogP contribution in [0.5, 0.6) is 0 Å². The van der Waals surface area contributed by atoms with Crippen LogP contribution in [0.4, 0.5) is 9.18 Å². The Balaban J connectivity index is 2.34. The summed E-state index contributed by atoms with van der Waals surface area (Å²) >= 11 is 0. The van der Waals surface area contributed by atoms with Crippen molar-refractivity contribution in [3.63, 3.8) is 0 Å². The van der Waals surface area contributed by atoms with E-state index in [2.05, 4.69) is 4.74 Å². The second-order valence-corrected chi connectivity index (χ2v) is 6.76. The molecule has 0 saturated carbocycles. The number of aromatic amines is 1. The number of esters is 1. The number of aromatic nitrogens is 2. The zero-order valence-electron chi connectivity index (χ0n) is 14.4. The number of H-pyrrole nitrogens is 1. The van der Waals surface area contributed by atoms with Gasteiger partial charge in [-0.3, -0.25) is 24.0 Å². The summed E-state index contributed by atoms with van der Waals surface area (Å²) in [5.41, 5.74) is -2.78. The number of nitrogens with zero attached hydrogens (tertiary/aromatic N) is 2. The molecule has 1 amide bonds. The second-order valence-electron chi connectivity index (χ2n) is 6.76. The predicted octanol–water partition coefficient (Wildman–Crippen LogP) is 0.604. The molecule has 9 nitrogen and oxygen atoms in total. The molecule has 0 bridgehead atoms. The Morgan fingerprint density at radius 2 is 1.96 bits per heavy atom. The summed E-state index contributed by atoms with van der Waals surface area (Å²) in [4.78, 5) is 50.1. The maximum atomic E-state index is 13.6. The summed E-state index contributed by atoms with van der Waals surface area (Å²) in [6.45, 7) is 5.03. The minimum Gasteiger partial charge on any atom is -0.460 e. The molecule has 0 unspecified atom stereocenters. The molecule has 138 valence electrons. The van der Waals surface area contributed by atoms with Crippen molar-refractivity contribution in [1.82, 2.24) is 14.5 Å². The van der Waals surface area contributed by atoms with Gasteiger partial charge in [-0.2, -0.15) is 4.39 Å². The van der Waals surface area contributed by atoms with Gasteiger partial charge in [0.05, 0.1) is 25.3 Å². The van der Waals surface area contributed by atoms with Crippen LogP contribution in [0.3, 0.4) is 0 Å². The van der Waals surface area contributed by atoms with Gasteiger partial charge in [0, 0.05) is 6.42 Å². The number of methoxy groups -OCH3 is 1. The van der Waals surface area contributed by atoms with Crippen LogP contribution < -0.4 is 11.2 Å². The molecular formula is C15H20FN3O6. The number of likely N-dealkylation sites (tertiary alicyclic amines) is 1. The number of halogens is 1. The average molecular weight is 357 g/mol. The van der Waals surface area contributed by atoms with Crippen molar-refractivity contribution in [2.45, 2.75) is 39.5 Å². The Kier molecular flexibility index (Phi) is 5.00. The molecule has 2 atom stereocenters. The van der Waals surface area contributed by atoms with Gasteiger partial charge in [0.25, 0.3) is 5.56 Å². The second kappa shape index (κ2) is 6.69. The molecule has 1 aromatic heterocycles. The molecule has 0 radical (unpaired) electrons. The Labute approximate surface area is 142 Å². The van der Waals surface area contributed by atoms with Crippen LogP contribution in [-0.4, -0.2) is 46.3 Å². The van der Waals surface area contributed by atoms with E-state index in [4.69, 9.17) is 4.74 Å². The summed E-state index contributed by atoms with van der Waals surface area (Å²) in [6.07, 6.45) is -1.64. The van der Waals surface area contributed by atoms with E-state index in [-0.39, 0.29) is 13.0 Å². The van der Waals surface area contributed by atoms with Crippen LogP contribution in [0, 0.1) is 11.2 Å². The molecule has 0 aliphatic carbocycles. The Morgan fingerprint density at radius 1 is 1.32 bits per heavy atom. The van der Waals surface area contributed by atoms with Gasteiger partial charge < -0.3 is 9.47 Å². The minimum absolute atomic E-state index is 0.0215. The maximum Gasteiger partial charge on any atom is 0.411 e. The number of carbonyl (C=O) groups is 2. The van der Waals surface area contributed by atoms with Gasteiger partial charge in [-0.05, 0) is 20.8 Å². The molecule has 1 saturated heterocycles. The fourth-order valence-electron chi connectivity index (χ4n) is 2.45. The zero-order valence-corrected chi connectivity index (χ0v) is 14.4. The largest absolute Gasteiger partial charge is 0.460 e. The number of hydrogen-bond donors (Lipinski definition) is 1. The lowest BCUT2D eigenvalue weighted by molar-refractivity contribution is -0.157. The van der Waals surface area contributed by atoms with Gasteiger partial charge in [-0.25, -0.2) is 9.59 Å². The van der Waals surface area contributed by atoms with Crippen molar-refractivity contribution in [2.24, 2.45) is 5.41 Å². The van der Waals surface area contributed by atoms with Crippen LogP contribution >= 0.6 is 0 Å². The number of amides is 1. The van der Waals surface area contributed by atoms with Gasteiger partial charge >= 0.3 is 17.8 Å². The van der Waals surface area contributed by atoms with Crippen LogP contribution in [-0.2, 0) is 14.3 Å². The predicted molar refractivity (Wildman–Crippen MR) is 83.4 cm³/mol. The Morgan fingerprint density at radius 3 is 2.52 bits per heavy atom. The van der Waals surface area contributed by atoms with E-state index in [9.17, 15) is 23.6 Å². The quantitative estimate of drug-likeness (QED) is 0.776. The molecule has 1 aliphatic rings. The van der Waals surface area contributed by atoms with E-state index in [1.165, 1.54) is 0 Å². The third-order valence-corrected chi connectivity index (χ3v) is 3.77. The highest BCUT2D eigenvalue weighted by molar-refractivity contribution is 5.75. The summed E-state index contributed by atoms with van der Waals surface area (Å²) in [5.74, 6) is -1.64. The van der Waals surface area contributed by atoms with Gasteiger partial charge in [0.1, 0.15) is 12.3 Å². The first-order valence-electron chi connectivity index (χ1n) is 7.61. The normalized spacial score (nSPS) is 20.4. The van der Waals surface area contributed by atoms with Crippen LogP contribution in [0.1, 0.15) is 33.4 Å². The lowest BCUT2D eigenvalue weighted by Crippen LogP contribution is -2.41. The van der Waals surface area contributed by atoms with Crippen LogP contribution in [0.15, 0.2) is 15.8 Å². The molecule has 0 aromatic carbocycles. The SMILES string of the molecule is COC(=O)N1C[C@H](OC(=O)C(C)(C)C)C[C@@H]1n1cc(F)c(=O)[nH]c1=O. The first-order valence-corrected chi connectivity index (χ1v) is 7.61. The Hall–Kier alpha value is -2.65. The number of hydrogen-bond acceptors (Lipinski definition) is 6. The van der Waals surface area contributed by atoms with E-state index in [1.54, 1.807) is 20.8 Å². The number of ether oxygens (including phenoxy) is 2. The monoisotopic (exact) mass is 357 g/mol. The first kappa shape index (κ1) is 18.7. The molecular weight excluding hydrogens is 337 g/mol. The molecule has 10 heteroatoms. The van der Waals surface area contributed by atoms with Crippen molar-refractivity contribution in [3.8, 4) is 0 Å². The fraction of sp³-hybridized carbons (Fsp3) is 0.600. The highest BCUT2D eigenvalue weighted by atomic mass is 19.1. The lowest BCUT2D eigenvalue weighted by Gasteiger charge is -2.23. The zero-order chi connectivity index (χ0) is 18.9. The molecule has 1 aliphatic heterocycles. The standard InChI is InChI=1S/C15H20FN3O6/c1-15(2,3)12(21)25-8-5-10(19(6-8)14(23)24-4)18-7-9(16)11(20)17-13(18)22/h7-8,10H,5-6H2,1-4H3,(H,17,20,22)/t8-,10-/m1/s1. The minimum atomic E-state index is -1.17. The highest BCUT2D eigenvalue weighted by Gasteiger charge is 2.41. The van der Waals surface area contributed by atoms with Crippen LogP contribution in [0.25, 0.3) is 0 Å². The average Bonchev–Trinajstić information content (AvgIpc) is 2.92. The summed E-state index contributed by atoms with van der Waals surface area (Å²) in [7, 11) is 1.16. The Bertz CT molecular complexity index is 794. The van der Waals surface area contributed by atoms with Crippen LogP contribution in [0.2, 0.25) is 0 Å². The van der Waals surface area contributed by atoms with Gasteiger partial charge in [0.15, 0.2) is 0 Å². The maximum absolute atomic E-state index is 13.6. The van der Waals surface area contributed by atoms with Gasteiger partial charge in [-0.15, -0.1) is 0 Å². The number of nitrogens with one attached hydrogen (secondary N) is 1. The van der Waals surface area contributed by atoms with Gasteiger partial charge in [0.2, 0.25) is 5.82 Å². The molecule has 2 heterocycles. The van der Waals surface area contributed by atoms with Crippen molar-refractivity contribution >= 4 is 12.1 Å². The topological polar surface area (TPSA) is 111 Å². The molecule has 1 fully saturated rings. The molecule has 1 aromatic rings. The van der Waals surface area contributed by atoms with E-state index in [0.717, 1.165) is 22.8 Å². The smallest absolute Gasteiger partial charge is 0.411 e. The fourth-order valence-corrected chi connectivity index (χ4v) is 2.45. The van der Waals surface area contributed by atoms with Crippen molar-refractivity contribution in [1.29, 1.82) is 0 Å². The summed E-state index contributed by atoms with van der Waals surface area (Å²) < 4.78 is 24.5. The summed E-state index contributed by atoms with van der Waals surface area (Å²) in [6, 6.07) is 0. The molecule has 0 spiro atoms. The molecule has 2 rings (SSSR count). The highest BCUT2D eigenvalue weighted by Crippen LogP contribution is 2.30. The third kappa shape index (κ3) is 3.89.